The molecule has 12 heavy (non-hydrogen) atoms. The highest BCUT2D eigenvalue weighted by Gasteiger charge is 2.56. The van der Waals surface area contributed by atoms with Crippen LogP contribution in [0.4, 0.5) is 8.78 Å². The Bertz CT molecular complexity index is 198. The molecule has 0 aromatic rings. The van der Waals surface area contributed by atoms with Crippen LogP contribution in [-0.2, 0) is 4.79 Å². The second-order valence-corrected chi connectivity index (χ2v) is 4.20. The third-order valence-corrected chi connectivity index (χ3v) is 2.41. The summed E-state index contributed by atoms with van der Waals surface area (Å²) in [6.07, 6.45) is -2.20. The second-order valence-electron chi connectivity index (χ2n) is 2.65. The Balaban J connectivity index is 2.23. The predicted octanol–water partition coefficient (Wildman–Crippen LogP) is 1.56. The van der Waals surface area contributed by atoms with Gasteiger partial charge in [-0.3, -0.25) is 4.79 Å². The van der Waals surface area contributed by atoms with E-state index in [0.29, 0.717) is 6.42 Å². The van der Waals surface area contributed by atoms with Gasteiger partial charge in [-0.2, -0.15) is 0 Å². The molecule has 0 aromatic heterocycles. The minimum atomic E-state index is -2.53. The molecule has 0 heterocycles. The molecule has 1 unspecified atom stereocenters. The van der Waals surface area contributed by atoms with Crippen LogP contribution in [0.3, 0.4) is 0 Å². The fraction of sp³-hybridized carbons (Fsp3) is 0.833. The zero-order chi connectivity index (χ0) is 9.35. The van der Waals surface area contributed by atoms with Crippen LogP contribution in [0, 0.1) is 5.92 Å². The Morgan fingerprint density at radius 1 is 1.67 bits per heavy atom. The fourth-order valence-electron chi connectivity index (χ4n) is 0.799. The quantitative estimate of drug-likeness (QED) is 0.715. The third-order valence-electron chi connectivity index (χ3n) is 1.57. The van der Waals surface area contributed by atoms with E-state index in [1.165, 1.54) is 0 Å². The lowest BCUT2D eigenvalue weighted by Gasteiger charge is -2.03. The molecule has 0 spiro atoms. The van der Waals surface area contributed by atoms with Gasteiger partial charge in [0.2, 0.25) is 5.91 Å². The van der Waals surface area contributed by atoms with Gasteiger partial charge in [-0.15, -0.1) is 23.2 Å². The lowest BCUT2D eigenvalue weighted by molar-refractivity contribution is -0.122. The maximum atomic E-state index is 11.6. The molecule has 70 valence electrons. The molecular formula is C6H7Cl2F2NO. The van der Waals surface area contributed by atoms with Gasteiger partial charge < -0.3 is 5.32 Å². The number of nitrogens with one attached hydrogen (secondary N) is 1. The molecule has 1 atom stereocenters. The third kappa shape index (κ3) is 2.45. The van der Waals surface area contributed by atoms with Crippen molar-refractivity contribution in [3.63, 3.8) is 0 Å². The normalized spacial score (nSPS) is 25.6. The van der Waals surface area contributed by atoms with Gasteiger partial charge in [0.1, 0.15) is 4.33 Å². The van der Waals surface area contributed by atoms with Crippen LogP contribution in [-0.4, -0.2) is 23.2 Å². The van der Waals surface area contributed by atoms with E-state index in [4.69, 9.17) is 23.2 Å². The number of halogens is 4. The van der Waals surface area contributed by atoms with Crippen molar-refractivity contribution in [2.75, 3.05) is 6.54 Å². The number of hydrogen-bond donors (Lipinski definition) is 1. The molecule has 0 bridgehead atoms. The summed E-state index contributed by atoms with van der Waals surface area (Å²) in [5.41, 5.74) is 0. The van der Waals surface area contributed by atoms with E-state index in [1.807, 2.05) is 5.32 Å². The van der Waals surface area contributed by atoms with Gasteiger partial charge in [-0.1, -0.05) is 0 Å². The van der Waals surface area contributed by atoms with Crippen molar-refractivity contribution in [3.8, 4) is 0 Å². The van der Waals surface area contributed by atoms with E-state index in [-0.39, 0.29) is 0 Å². The van der Waals surface area contributed by atoms with Crippen LogP contribution >= 0.6 is 23.2 Å². The van der Waals surface area contributed by atoms with E-state index in [1.54, 1.807) is 0 Å². The Kier molecular flexibility index (Phi) is 2.78. The lowest BCUT2D eigenvalue weighted by Crippen LogP contribution is -2.31. The second kappa shape index (κ2) is 3.34. The molecule has 1 rings (SSSR count). The molecule has 0 radical (unpaired) electrons. The van der Waals surface area contributed by atoms with Gasteiger partial charge >= 0.3 is 0 Å². The molecule has 1 aliphatic rings. The van der Waals surface area contributed by atoms with Crippen LogP contribution in [0.1, 0.15) is 6.42 Å². The molecule has 2 nitrogen and oxygen atoms in total. The molecule has 6 heteroatoms. The van der Waals surface area contributed by atoms with Crippen LogP contribution in [0.25, 0.3) is 0 Å². The number of alkyl halides is 4. The van der Waals surface area contributed by atoms with Crippen LogP contribution in [0.2, 0.25) is 0 Å². The Morgan fingerprint density at radius 2 is 2.17 bits per heavy atom. The van der Waals surface area contributed by atoms with Crippen molar-refractivity contribution in [3.05, 3.63) is 0 Å². The molecule has 1 aliphatic carbocycles. The maximum absolute atomic E-state index is 11.6. The van der Waals surface area contributed by atoms with Gasteiger partial charge in [0.15, 0.2) is 0 Å². The fourth-order valence-corrected chi connectivity index (χ4v) is 1.31. The molecule has 1 saturated carbocycles. The summed E-state index contributed by atoms with van der Waals surface area (Å²) in [6, 6.07) is 0. The van der Waals surface area contributed by atoms with Crippen LogP contribution in [0.5, 0.6) is 0 Å². The number of carbonyl (C=O) groups is 1. The summed E-state index contributed by atoms with van der Waals surface area (Å²) in [5.74, 6) is -1.03. The number of amides is 1. The molecule has 1 amide bonds. The Labute approximate surface area is 78.2 Å². The minimum absolute atomic E-state index is 0.338. The SMILES string of the molecule is O=C(NCC(F)F)C1CC1(Cl)Cl. The van der Waals surface area contributed by atoms with E-state index < -0.39 is 29.1 Å². The van der Waals surface area contributed by atoms with E-state index in [9.17, 15) is 13.6 Å². The van der Waals surface area contributed by atoms with E-state index in [2.05, 4.69) is 0 Å². The first kappa shape index (κ1) is 9.99. The van der Waals surface area contributed by atoms with Gasteiger partial charge in [0.25, 0.3) is 6.43 Å². The maximum Gasteiger partial charge on any atom is 0.255 e. The van der Waals surface area contributed by atoms with E-state index in [0.717, 1.165) is 0 Å². The highest BCUT2D eigenvalue weighted by atomic mass is 35.5. The van der Waals surface area contributed by atoms with Gasteiger partial charge in [0, 0.05) is 0 Å². The largest absolute Gasteiger partial charge is 0.350 e. The number of carbonyl (C=O) groups excluding carboxylic acids is 1. The number of hydrogen-bond acceptors (Lipinski definition) is 1. The van der Waals surface area contributed by atoms with Crippen molar-refractivity contribution >= 4 is 29.1 Å². The predicted molar refractivity (Wildman–Crippen MR) is 41.6 cm³/mol. The summed E-state index contributed by atoms with van der Waals surface area (Å²) in [4.78, 5) is 10.9. The van der Waals surface area contributed by atoms with Crippen molar-refractivity contribution in [2.24, 2.45) is 5.92 Å². The van der Waals surface area contributed by atoms with Crippen molar-refractivity contribution < 1.29 is 13.6 Å². The molecular weight excluding hydrogens is 211 g/mol. The molecule has 1 fully saturated rings. The summed E-state index contributed by atoms with van der Waals surface area (Å²) < 4.78 is 22.1. The zero-order valence-corrected chi connectivity index (χ0v) is 7.50. The molecule has 0 aliphatic heterocycles. The Morgan fingerprint density at radius 3 is 2.50 bits per heavy atom. The monoisotopic (exact) mass is 217 g/mol. The average Bonchev–Trinajstić information content (AvgIpc) is 2.55. The minimum Gasteiger partial charge on any atom is -0.350 e. The summed E-state index contributed by atoms with van der Waals surface area (Å²) in [7, 11) is 0. The summed E-state index contributed by atoms with van der Waals surface area (Å²) in [5, 5.41) is 2.04. The summed E-state index contributed by atoms with van der Waals surface area (Å²) >= 11 is 11.1. The highest BCUT2D eigenvalue weighted by molar-refractivity contribution is 6.52. The first-order chi connectivity index (χ1) is 5.43. The smallest absolute Gasteiger partial charge is 0.255 e. The lowest BCUT2D eigenvalue weighted by atomic mass is 10.4. The highest BCUT2D eigenvalue weighted by Crippen LogP contribution is 2.53. The first-order valence-corrected chi connectivity index (χ1v) is 4.13. The first-order valence-electron chi connectivity index (χ1n) is 3.37. The standard InChI is InChI=1S/C6H7Cl2F2NO/c7-6(8)1-3(6)5(12)11-2-4(9)10/h3-4H,1-2H2,(H,11,12). The van der Waals surface area contributed by atoms with Crippen molar-refractivity contribution in [1.29, 1.82) is 0 Å². The van der Waals surface area contributed by atoms with Crippen LogP contribution in [0.15, 0.2) is 0 Å². The molecule has 0 saturated heterocycles. The van der Waals surface area contributed by atoms with Crippen molar-refractivity contribution in [2.45, 2.75) is 17.2 Å². The average molecular weight is 218 g/mol. The Hall–Kier alpha value is -0.0900. The van der Waals surface area contributed by atoms with Gasteiger partial charge in [-0.25, -0.2) is 8.78 Å². The van der Waals surface area contributed by atoms with Gasteiger partial charge in [0.05, 0.1) is 12.5 Å². The van der Waals surface area contributed by atoms with E-state index >= 15 is 0 Å². The zero-order valence-electron chi connectivity index (χ0n) is 5.99. The summed E-state index contributed by atoms with van der Waals surface area (Å²) in [6.45, 7) is -0.640. The number of rotatable bonds is 3. The molecule has 1 N–H and O–H groups in total. The van der Waals surface area contributed by atoms with Gasteiger partial charge in [-0.05, 0) is 6.42 Å². The van der Waals surface area contributed by atoms with Crippen molar-refractivity contribution in [1.82, 2.24) is 5.32 Å². The molecule has 0 aromatic carbocycles. The van der Waals surface area contributed by atoms with Crippen LogP contribution < -0.4 is 5.32 Å². The topological polar surface area (TPSA) is 29.1 Å².